The Morgan fingerprint density at radius 3 is 2.75 bits per heavy atom. The minimum atomic E-state index is -0.731. The largest absolute Gasteiger partial charge is 0.363 e. The van der Waals surface area contributed by atoms with E-state index in [0.717, 1.165) is 19.4 Å². The van der Waals surface area contributed by atoms with Crippen LogP contribution in [0, 0.1) is 21.8 Å². The molecule has 0 amide bonds. The topological polar surface area (TPSA) is 46.4 Å². The van der Waals surface area contributed by atoms with Crippen LogP contribution in [0.25, 0.3) is 0 Å². The lowest BCUT2D eigenvalue weighted by Crippen LogP contribution is -2.47. The van der Waals surface area contributed by atoms with Gasteiger partial charge in [-0.2, -0.15) is 4.39 Å². The van der Waals surface area contributed by atoms with Gasteiger partial charge in [-0.25, -0.2) is 0 Å². The van der Waals surface area contributed by atoms with Crippen molar-refractivity contribution in [2.45, 2.75) is 44.6 Å². The van der Waals surface area contributed by atoms with Crippen LogP contribution in [0.3, 0.4) is 0 Å². The van der Waals surface area contributed by atoms with Gasteiger partial charge in [-0.3, -0.25) is 10.1 Å². The molecule has 108 valence electrons. The number of piperidine rings is 1. The van der Waals surface area contributed by atoms with Crippen molar-refractivity contribution in [3.63, 3.8) is 0 Å². The van der Waals surface area contributed by atoms with E-state index in [2.05, 4.69) is 4.90 Å². The molecule has 2 fully saturated rings. The van der Waals surface area contributed by atoms with Gasteiger partial charge in [0.05, 0.1) is 4.92 Å². The molecule has 0 bridgehead atoms. The first-order valence-electron chi connectivity index (χ1n) is 7.38. The molecule has 0 radical (unpaired) electrons. The fourth-order valence-electron chi connectivity index (χ4n) is 3.84. The third-order valence-electron chi connectivity index (χ3n) is 4.70. The fraction of sp³-hybridized carbons (Fsp3) is 0.600. The highest BCUT2D eigenvalue weighted by atomic mass is 19.1. The second-order valence-corrected chi connectivity index (χ2v) is 5.81. The lowest BCUT2D eigenvalue weighted by molar-refractivity contribution is -0.386. The number of nitro groups is 1. The van der Waals surface area contributed by atoms with E-state index >= 15 is 0 Å². The molecule has 3 rings (SSSR count). The van der Waals surface area contributed by atoms with Gasteiger partial charge in [0.25, 0.3) is 0 Å². The van der Waals surface area contributed by atoms with Crippen LogP contribution in [-0.4, -0.2) is 17.5 Å². The Bertz CT molecular complexity index is 519. The maximum absolute atomic E-state index is 13.8. The summed E-state index contributed by atoms with van der Waals surface area (Å²) in [6.07, 6.45) is 6.92. The number of para-hydroxylation sites is 1. The zero-order valence-electron chi connectivity index (χ0n) is 11.4. The zero-order valence-corrected chi connectivity index (χ0v) is 11.4. The predicted octanol–water partition coefficient (Wildman–Crippen LogP) is 3.89. The zero-order chi connectivity index (χ0) is 14.1. The molecular weight excluding hydrogens is 259 g/mol. The van der Waals surface area contributed by atoms with Crippen LogP contribution < -0.4 is 4.90 Å². The van der Waals surface area contributed by atoms with Gasteiger partial charge in [-0.1, -0.05) is 18.9 Å². The number of nitrogens with zero attached hydrogens (tertiary/aromatic N) is 2. The van der Waals surface area contributed by atoms with Gasteiger partial charge in [-0.05, 0) is 43.7 Å². The Balaban J connectivity index is 1.99. The average Bonchev–Trinajstić information content (AvgIpc) is 2.46. The second-order valence-electron chi connectivity index (χ2n) is 5.81. The Morgan fingerprint density at radius 1 is 1.20 bits per heavy atom. The molecule has 0 aromatic heterocycles. The van der Waals surface area contributed by atoms with Crippen molar-refractivity contribution in [3.05, 3.63) is 34.1 Å². The quantitative estimate of drug-likeness (QED) is 0.609. The first-order valence-corrected chi connectivity index (χ1v) is 7.38. The standard InChI is InChI=1S/C15H19FN2O2/c16-12-7-3-9-14(15(12)18(19)20)17-10-4-6-11-5-1-2-8-13(11)17/h3,7,9,11,13H,1-2,4-6,8,10H2. The van der Waals surface area contributed by atoms with Crippen LogP contribution in [0.15, 0.2) is 18.2 Å². The van der Waals surface area contributed by atoms with Crippen molar-refractivity contribution >= 4 is 11.4 Å². The van der Waals surface area contributed by atoms with Gasteiger partial charge in [-0.15, -0.1) is 0 Å². The van der Waals surface area contributed by atoms with Gasteiger partial charge in [0.15, 0.2) is 0 Å². The third-order valence-corrected chi connectivity index (χ3v) is 4.70. The van der Waals surface area contributed by atoms with Crippen molar-refractivity contribution in [2.75, 3.05) is 11.4 Å². The highest BCUT2D eigenvalue weighted by Crippen LogP contribution is 2.41. The molecule has 0 spiro atoms. The molecule has 2 atom stereocenters. The first-order chi connectivity index (χ1) is 9.68. The molecule has 1 aliphatic heterocycles. The highest BCUT2D eigenvalue weighted by Gasteiger charge is 2.36. The Hall–Kier alpha value is -1.65. The summed E-state index contributed by atoms with van der Waals surface area (Å²) in [6.45, 7) is 0.797. The van der Waals surface area contributed by atoms with Crippen LogP contribution in [0.2, 0.25) is 0 Å². The summed E-state index contributed by atoms with van der Waals surface area (Å²) in [4.78, 5) is 12.7. The lowest BCUT2D eigenvalue weighted by Gasteiger charge is -2.45. The average molecular weight is 278 g/mol. The molecule has 1 aromatic rings. The normalized spacial score (nSPS) is 26.1. The van der Waals surface area contributed by atoms with Crippen LogP contribution in [0.4, 0.5) is 15.8 Å². The predicted molar refractivity (Wildman–Crippen MR) is 75.4 cm³/mol. The number of hydrogen-bond acceptors (Lipinski definition) is 3. The van der Waals surface area contributed by atoms with Crippen molar-refractivity contribution in [1.29, 1.82) is 0 Å². The van der Waals surface area contributed by atoms with E-state index in [0.29, 0.717) is 17.6 Å². The number of anilines is 1. The minimum Gasteiger partial charge on any atom is -0.363 e. The smallest absolute Gasteiger partial charge is 0.327 e. The summed E-state index contributed by atoms with van der Waals surface area (Å²) in [6, 6.07) is 4.78. The maximum atomic E-state index is 13.8. The van der Waals surface area contributed by atoms with E-state index in [-0.39, 0.29) is 5.69 Å². The molecule has 0 N–H and O–H groups in total. The molecular formula is C15H19FN2O2. The number of halogens is 1. The lowest BCUT2D eigenvalue weighted by atomic mass is 9.78. The summed E-state index contributed by atoms with van der Waals surface area (Å²) < 4.78 is 13.8. The Kier molecular flexibility index (Phi) is 3.59. The van der Waals surface area contributed by atoms with Gasteiger partial charge in [0.2, 0.25) is 5.82 Å². The number of hydrogen-bond donors (Lipinski definition) is 0. The van der Waals surface area contributed by atoms with Crippen LogP contribution in [-0.2, 0) is 0 Å². The summed E-state index contributed by atoms with van der Waals surface area (Å²) in [5, 5.41) is 11.2. The van der Waals surface area contributed by atoms with Crippen molar-refractivity contribution in [1.82, 2.24) is 0 Å². The minimum absolute atomic E-state index is 0.345. The van der Waals surface area contributed by atoms with Gasteiger partial charge in [0, 0.05) is 12.6 Å². The maximum Gasteiger partial charge on any atom is 0.327 e. The van der Waals surface area contributed by atoms with Gasteiger partial charge < -0.3 is 4.90 Å². The Labute approximate surface area is 117 Å². The summed E-state index contributed by atoms with van der Waals surface area (Å²) >= 11 is 0. The molecule has 1 aromatic carbocycles. The molecule has 5 heteroatoms. The fourth-order valence-corrected chi connectivity index (χ4v) is 3.84. The summed E-state index contributed by atoms with van der Waals surface area (Å²) in [7, 11) is 0. The summed E-state index contributed by atoms with van der Waals surface area (Å²) in [5.74, 6) is -0.120. The van der Waals surface area contributed by atoms with Gasteiger partial charge >= 0.3 is 5.69 Å². The van der Waals surface area contributed by atoms with Crippen LogP contribution in [0.5, 0.6) is 0 Å². The monoisotopic (exact) mass is 278 g/mol. The number of rotatable bonds is 2. The molecule has 2 unspecified atom stereocenters. The van der Waals surface area contributed by atoms with Crippen molar-refractivity contribution in [3.8, 4) is 0 Å². The van der Waals surface area contributed by atoms with E-state index in [1.54, 1.807) is 12.1 Å². The van der Waals surface area contributed by atoms with Crippen molar-refractivity contribution < 1.29 is 9.31 Å². The van der Waals surface area contributed by atoms with Gasteiger partial charge in [0.1, 0.15) is 5.69 Å². The third kappa shape index (κ3) is 2.25. The van der Waals surface area contributed by atoms with E-state index in [4.69, 9.17) is 0 Å². The number of fused-ring (bicyclic) bond motifs is 1. The molecule has 1 aliphatic carbocycles. The molecule has 2 aliphatic rings. The van der Waals surface area contributed by atoms with E-state index in [9.17, 15) is 14.5 Å². The Morgan fingerprint density at radius 2 is 1.95 bits per heavy atom. The second kappa shape index (κ2) is 5.38. The molecule has 1 heterocycles. The number of benzene rings is 1. The number of nitro benzene ring substituents is 1. The molecule has 1 saturated heterocycles. The summed E-state index contributed by atoms with van der Waals surface area (Å²) in [5.41, 5.74) is 0.102. The van der Waals surface area contributed by atoms with E-state index in [1.165, 1.54) is 31.7 Å². The molecule has 1 saturated carbocycles. The van der Waals surface area contributed by atoms with Crippen LogP contribution in [0.1, 0.15) is 38.5 Å². The van der Waals surface area contributed by atoms with E-state index in [1.807, 2.05) is 0 Å². The molecule has 4 nitrogen and oxygen atoms in total. The van der Waals surface area contributed by atoms with E-state index < -0.39 is 10.7 Å². The molecule has 20 heavy (non-hydrogen) atoms. The van der Waals surface area contributed by atoms with Crippen LogP contribution >= 0.6 is 0 Å². The SMILES string of the molecule is O=[N+]([O-])c1c(F)cccc1N1CCCC2CCCCC21. The van der Waals surface area contributed by atoms with Crippen molar-refractivity contribution in [2.24, 2.45) is 5.92 Å². The highest BCUT2D eigenvalue weighted by molar-refractivity contribution is 5.64. The first kappa shape index (κ1) is 13.3.